The Morgan fingerprint density at radius 1 is 0.825 bits per heavy atom. The van der Waals surface area contributed by atoms with Crippen molar-refractivity contribution in [2.75, 3.05) is 64.3 Å². The van der Waals surface area contributed by atoms with Gasteiger partial charge in [0.1, 0.15) is 48.6 Å². The fourth-order valence-corrected chi connectivity index (χ4v) is 11.0. The number of ether oxygens (including phenoxy) is 5. The topological polar surface area (TPSA) is 305 Å². The van der Waals surface area contributed by atoms with Gasteiger partial charge in [-0.1, -0.05) is 29.4 Å². The second-order valence-electron chi connectivity index (χ2n) is 13.9. The van der Waals surface area contributed by atoms with E-state index >= 15 is 8.78 Å². The molecule has 63 heavy (non-hydrogen) atoms. The first kappa shape index (κ1) is 45.0. The van der Waals surface area contributed by atoms with Crippen LogP contribution < -0.4 is 11.5 Å². The highest BCUT2D eigenvalue weighted by molar-refractivity contribution is 8.54. The fraction of sp³-hybridized carbons (Fsp3) is 0.529. The van der Waals surface area contributed by atoms with Crippen molar-refractivity contribution >= 4 is 60.4 Å². The minimum absolute atomic E-state index is 0.0477. The number of nitrogens with two attached hydrogens (primary N) is 2. The number of benzene rings is 1. The average Bonchev–Trinajstić information content (AvgIpc) is 4.05. The molecule has 336 valence electrons. The summed E-state index contributed by atoms with van der Waals surface area (Å²) in [5.74, 6) is 0.156. The number of hydrogen-bond acceptors (Lipinski definition) is 21. The van der Waals surface area contributed by atoms with E-state index in [4.69, 9.17) is 58.8 Å². The average molecular weight is 939 g/mol. The third-order valence-electron chi connectivity index (χ3n) is 9.88. The van der Waals surface area contributed by atoms with Gasteiger partial charge >= 0.3 is 15.1 Å². The number of rotatable bonds is 16. The van der Waals surface area contributed by atoms with Crippen molar-refractivity contribution in [3.05, 3.63) is 71.1 Å². The number of hydrogen-bond donors (Lipinski definition) is 2. The molecule has 0 bridgehead atoms. The predicted molar refractivity (Wildman–Crippen MR) is 217 cm³/mol. The maximum absolute atomic E-state index is 16.7. The lowest BCUT2D eigenvalue weighted by molar-refractivity contribution is -0.0539. The summed E-state index contributed by atoms with van der Waals surface area (Å²) in [5, 5.41) is 3.39. The number of nitrogens with zero attached hydrogens (tertiary/aromatic N) is 11. The lowest BCUT2D eigenvalue weighted by Gasteiger charge is -2.26. The Bertz CT molecular complexity index is 2470. The summed E-state index contributed by atoms with van der Waals surface area (Å²) in [7, 11) is -3.08. The standard InChI is InChI=1S/C34H40F2N13O11P2S/c35-23-27-22(58-33(23)48-17-44-25-29(37)40-15-42-31(25)48)13-56-62(51,63-14-20-3-1-19(2-4-20)11-54-10-9-53-8-7-52-6-5-46-47-39)60-28-21(12-55-61(50)59-27)57-34(24(28)36)49-18-45-26-30(38)41-16-43-32(26)49/h1-4,15-18,21-24,27-28,33-34H,5-14H2,(H2,37,40,42)(H2,38,41,43)/q+1/t21?,22-,23-,24-,27-,28-,33-,34-,62+/m1/s1. The predicted octanol–water partition coefficient (Wildman–Crippen LogP) is 4.68. The highest BCUT2D eigenvalue weighted by Gasteiger charge is 2.56. The van der Waals surface area contributed by atoms with Crippen molar-refractivity contribution in [2.45, 2.75) is 61.6 Å². The number of nitrogen functional groups attached to an aromatic ring is 2. The maximum atomic E-state index is 16.7. The second-order valence-corrected chi connectivity index (χ2v) is 18.9. The molecule has 4 aromatic heterocycles. The van der Waals surface area contributed by atoms with Crippen LogP contribution in [0, 0.1) is 0 Å². The number of anilines is 2. The first-order valence-electron chi connectivity index (χ1n) is 19.2. The highest BCUT2D eigenvalue weighted by Crippen LogP contribution is 2.64. The number of halogens is 2. The minimum Gasteiger partial charge on any atom is -0.382 e. The Balaban J connectivity index is 0.969. The highest BCUT2D eigenvalue weighted by atomic mass is 32.7. The van der Waals surface area contributed by atoms with Crippen LogP contribution in [0.4, 0.5) is 20.4 Å². The van der Waals surface area contributed by atoms with Gasteiger partial charge in [-0.25, -0.2) is 43.2 Å². The van der Waals surface area contributed by atoms with E-state index in [1.807, 2.05) is 12.1 Å². The molecule has 3 fully saturated rings. The molecule has 10 atom stereocenters. The van der Waals surface area contributed by atoms with Crippen molar-refractivity contribution < 1.29 is 59.7 Å². The molecular weight excluding hydrogens is 898 g/mol. The van der Waals surface area contributed by atoms with Gasteiger partial charge in [0.25, 0.3) is 0 Å². The fourth-order valence-electron chi connectivity index (χ4n) is 6.81. The Kier molecular flexibility index (Phi) is 14.6. The molecule has 24 nitrogen and oxygen atoms in total. The summed E-state index contributed by atoms with van der Waals surface area (Å²) in [4.78, 5) is 27.2. The summed E-state index contributed by atoms with van der Waals surface area (Å²) >= 11 is 0.756. The van der Waals surface area contributed by atoms with Gasteiger partial charge < -0.3 is 35.2 Å². The third-order valence-corrected chi connectivity index (χ3v) is 14.3. The molecule has 0 aliphatic carbocycles. The van der Waals surface area contributed by atoms with E-state index in [0.717, 1.165) is 16.9 Å². The van der Waals surface area contributed by atoms with Gasteiger partial charge in [0.2, 0.25) is 0 Å². The molecule has 4 N–H and O–H groups in total. The summed E-state index contributed by atoms with van der Waals surface area (Å²) in [6, 6.07) is 7.25. The van der Waals surface area contributed by atoms with Crippen LogP contribution in [0.15, 0.2) is 54.7 Å². The Hall–Kier alpha value is -4.59. The number of aromatic nitrogens is 8. The van der Waals surface area contributed by atoms with Crippen molar-refractivity contribution in [1.82, 2.24) is 39.0 Å². The van der Waals surface area contributed by atoms with E-state index in [1.165, 1.54) is 34.4 Å². The van der Waals surface area contributed by atoms with Crippen LogP contribution in [0.25, 0.3) is 32.8 Å². The van der Waals surface area contributed by atoms with Crippen molar-refractivity contribution in [3.63, 3.8) is 0 Å². The van der Waals surface area contributed by atoms with E-state index in [1.54, 1.807) is 12.1 Å². The SMILES string of the molecule is [N-]=[N+]=NCCOCCOCCOCc1ccc(CS[P@@]2(=O)OC[C@H]3O[C@@H](n4cnc5c(N)ncnc54)[C@H](F)[C@@H]3O[P+](=O)OCC3O[C@@H](n4cnc5c(N)ncnc54)[C@H](F)[C@@H]3O2)cc1. The summed E-state index contributed by atoms with van der Waals surface area (Å²) in [6.07, 6.45) is -7.99. The molecule has 0 spiro atoms. The lowest BCUT2D eigenvalue weighted by atomic mass is 10.1. The largest absolute Gasteiger partial charge is 0.697 e. The Morgan fingerprint density at radius 2 is 1.40 bits per heavy atom. The van der Waals surface area contributed by atoms with Crippen molar-refractivity contribution in [1.29, 1.82) is 0 Å². The second kappa shape index (κ2) is 20.5. The lowest BCUT2D eigenvalue weighted by Crippen LogP contribution is -2.36. The van der Waals surface area contributed by atoms with Gasteiger partial charge in [-0.3, -0.25) is 18.2 Å². The summed E-state index contributed by atoms with van der Waals surface area (Å²) < 4.78 is 116. The zero-order valence-corrected chi connectivity index (χ0v) is 35.5. The summed E-state index contributed by atoms with van der Waals surface area (Å²) in [6.45, 7) is -3.41. The molecule has 0 radical (unpaired) electrons. The molecule has 2 unspecified atom stereocenters. The molecule has 0 saturated carbocycles. The Morgan fingerprint density at radius 3 is 2.03 bits per heavy atom. The van der Waals surface area contributed by atoms with Gasteiger partial charge in [-0.05, 0) is 28.0 Å². The first-order valence-corrected chi connectivity index (χ1v) is 23.5. The molecule has 7 heterocycles. The third kappa shape index (κ3) is 10.4. The van der Waals surface area contributed by atoms with Crippen molar-refractivity contribution in [3.8, 4) is 0 Å². The molecule has 1 aromatic carbocycles. The van der Waals surface area contributed by atoms with Crippen LogP contribution in [0.2, 0.25) is 0 Å². The van der Waals surface area contributed by atoms with Gasteiger partial charge in [-0.15, -0.1) is 9.05 Å². The van der Waals surface area contributed by atoms with E-state index in [9.17, 15) is 9.13 Å². The quantitative estimate of drug-likeness (QED) is 0.0446. The number of azide groups is 1. The van der Waals surface area contributed by atoms with E-state index < -0.39 is 77.5 Å². The van der Waals surface area contributed by atoms with Crippen molar-refractivity contribution in [2.24, 2.45) is 5.11 Å². The molecule has 5 aromatic rings. The first-order chi connectivity index (χ1) is 30.6. The van der Waals surface area contributed by atoms with Gasteiger partial charge in [-0.2, -0.15) is 0 Å². The van der Waals surface area contributed by atoms with Crippen LogP contribution in [-0.4, -0.2) is 129 Å². The number of alkyl halides is 2. The molecule has 0 amide bonds. The van der Waals surface area contributed by atoms with Crippen LogP contribution >= 0.6 is 26.4 Å². The summed E-state index contributed by atoms with van der Waals surface area (Å²) in [5.41, 5.74) is 22.4. The monoisotopic (exact) mass is 938 g/mol. The molecule has 3 aliphatic heterocycles. The normalized spacial score (nSPS) is 28.3. The van der Waals surface area contributed by atoms with Gasteiger partial charge in [0, 0.05) is 21.8 Å². The smallest absolute Gasteiger partial charge is 0.382 e. The van der Waals surface area contributed by atoms with E-state index in [2.05, 4.69) is 39.9 Å². The zero-order chi connectivity index (χ0) is 43.9. The van der Waals surface area contributed by atoms with Crippen LogP contribution in [0.3, 0.4) is 0 Å². The van der Waals surface area contributed by atoms with Crippen LogP contribution in [0.1, 0.15) is 23.6 Å². The molecule has 8 rings (SSSR count). The zero-order valence-electron chi connectivity index (χ0n) is 32.9. The van der Waals surface area contributed by atoms with Crippen LogP contribution in [-0.2, 0) is 63.3 Å². The van der Waals surface area contributed by atoms with E-state index in [-0.39, 0.29) is 46.3 Å². The van der Waals surface area contributed by atoms with Gasteiger partial charge in [0.05, 0.1) is 58.9 Å². The number of imidazole rings is 2. The van der Waals surface area contributed by atoms with E-state index in [0.29, 0.717) is 45.2 Å². The minimum atomic E-state index is -4.44. The molecule has 3 saturated heterocycles. The number of fused-ring (bicyclic) bond motifs is 4. The molecule has 29 heteroatoms. The molecular formula is C34H40F2N13O11P2S+. The Labute approximate surface area is 360 Å². The maximum Gasteiger partial charge on any atom is 0.697 e. The van der Waals surface area contributed by atoms with Gasteiger partial charge in [0.15, 0.2) is 53.8 Å². The van der Waals surface area contributed by atoms with Crippen LogP contribution in [0.5, 0.6) is 0 Å². The molecule has 3 aliphatic rings.